The van der Waals surface area contributed by atoms with Crippen molar-refractivity contribution in [2.75, 3.05) is 20.5 Å². The molecule has 78 valence electrons. The fourth-order valence-corrected chi connectivity index (χ4v) is 1.57. The molecule has 0 aromatic heterocycles. The van der Waals surface area contributed by atoms with E-state index in [9.17, 15) is 0 Å². The average Bonchev–Trinajstić information content (AvgIpc) is 2.63. The highest BCUT2D eigenvalue weighted by molar-refractivity contribution is 5.73. The van der Waals surface area contributed by atoms with Crippen molar-refractivity contribution >= 4 is 6.21 Å². The summed E-state index contributed by atoms with van der Waals surface area (Å²) in [6, 6.07) is 0. The molecule has 2 heterocycles. The van der Waals surface area contributed by atoms with Gasteiger partial charge in [-0.2, -0.15) is 0 Å². The van der Waals surface area contributed by atoms with E-state index in [0.29, 0.717) is 12.4 Å². The molecule has 1 fully saturated rings. The molecular formula is C9H13NO4. The van der Waals surface area contributed by atoms with Gasteiger partial charge in [0.2, 0.25) is 6.23 Å². The largest absolute Gasteiger partial charge is 0.466 e. The Kier molecular flexibility index (Phi) is 2.54. The van der Waals surface area contributed by atoms with Gasteiger partial charge in [0, 0.05) is 19.9 Å². The summed E-state index contributed by atoms with van der Waals surface area (Å²) in [7, 11) is 1.55. The van der Waals surface area contributed by atoms with Gasteiger partial charge in [0.05, 0.1) is 0 Å². The number of allylic oxidation sites excluding steroid dienone is 1. The first-order chi connectivity index (χ1) is 6.83. The normalized spacial score (nSPS) is 35.0. The third kappa shape index (κ3) is 1.25. The molecule has 0 amide bonds. The van der Waals surface area contributed by atoms with E-state index in [1.165, 1.54) is 0 Å². The van der Waals surface area contributed by atoms with Crippen molar-refractivity contribution in [3.05, 3.63) is 11.8 Å². The first-order valence-corrected chi connectivity index (χ1v) is 4.51. The zero-order chi connectivity index (χ0) is 10.0. The molecule has 2 rings (SSSR count). The summed E-state index contributed by atoms with van der Waals surface area (Å²) < 4.78 is 21.4. The first-order valence-electron chi connectivity index (χ1n) is 4.51. The lowest BCUT2D eigenvalue weighted by Crippen LogP contribution is -2.47. The Morgan fingerprint density at radius 3 is 3.29 bits per heavy atom. The SMILES string of the molecule is CCOC1N=CC=C2OCOC21OC. The fourth-order valence-electron chi connectivity index (χ4n) is 1.57. The number of fused-ring (bicyclic) bond motifs is 1. The Balaban J connectivity index is 2.26. The van der Waals surface area contributed by atoms with E-state index < -0.39 is 12.0 Å². The summed E-state index contributed by atoms with van der Waals surface area (Å²) in [6.07, 6.45) is 2.88. The second-order valence-electron chi connectivity index (χ2n) is 2.91. The topological polar surface area (TPSA) is 49.3 Å². The lowest BCUT2D eigenvalue weighted by molar-refractivity contribution is -0.237. The fraction of sp³-hybridized carbons (Fsp3) is 0.667. The number of hydrogen-bond acceptors (Lipinski definition) is 5. The number of ether oxygens (including phenoxy) is 4. The number of rotatable bonds is 3. The highest BCUT2D eigenvalue weighted by Crippen LogP contribution is 2.36. The summed E-state index contributed by atoms with van der Waals surface area (Å²) in [5.74, 6) is -0.362. The van der Waals surface area contributed by atoms with Crippen LogP contribution in [-0.4, -0.2) is 38.7 Å². The second kappa shape index (κ2) is 3.68. The molecule has 5 nitrogen and oxygen atoms in total. The van der Waals surface area contributed by atoms with Crippen LogP contribution in [0.3, 0.4) is 0 Å². The van der Waals surface area contributed by atoms with E-state index in [1.54, 1.807) is 19.4 Å². The molecule has 0 aromatic carbocycles. The van der Waals surface area contributed by atoms with Gasteiger partial charge in [-0.05, 0) is 13.0 Å². The van der Waals surface area contributed by atoms with Crippen molar-refractivity contribution < 1.29 is 18.9 Å². The first kappa shape index (κ1) is 9.64. The molecule has 0 saturated carbocycles. The van der Waals surface area contributed by atoms with Gasteiger partial charge in [-0.15, -0.1) is 0 Å². The van der Waals surface area contributed by atoms with Gasteiger partial charge in [0.1, 0.15) is 0 Å². The van der Waals surface area contributed by atoms with Gasteiger partial charge in [-0.1, -0.05) is 0 Å². The van der Waals surface area contributed by atoms with E-state index >= 15 is 0 Å². The Morgan fingerprint density at radius 2 is 2.57 bits per heavy atom. The molecule has 0 radical (unpaired) electrons. The monoisotopic (exact) mass is 199 g/mol. The van der Waals surface area contributed by atoms with Gasteiger partial charge in [-0.3, -0.25) is 4.99 Å². The molecule has 2 unspecified atom stereocenters. The van der Waals surface area contributed by atoms with E-state index in [1.807, 2.05) is 6.92 Å². The molecule has 2 atom stereocenters. The van der Waals surface area contributed by atoms with E-state index in [2.05, 4.69) is 4.99 Å². The molecule has 0 aromatic rings. The molecule has 2 aliphatic heterocycles. The molecule has 1 saturated heterocycles. The Hall–Kier alpha value is -0.910. The van der Waals surface area contributed by atoms with E-state index in [4.69, 9.17) is 18.9 Å². The Morgan fingerprint density at radius 1 is 1.71 bits per heavy atom. The highest BCUT2D eigenvalue weighted by atomic mass is 16.8. The number of dihydropyridines is 1. The van der Waals surface area contributed by atoms with Crippen LogP contribution in [0.2, 0.25) is 0 Å². The predicted octanol–water partition coefficient (Wildman–Crippen LogP) is 0.664. The highest BCUT2D eigenvalue weighted by Gasteiger charge is 2.51. The molecular weight excluding hydrogens is 186 g/mol. The molecule has 0 aliphatic carbocycles. The Labute approximate surface area is 82.3 Å². The minimum atomic E-state index is -0.981. The summed E-state index contributed by atoms with van der Waals surface area (Å²) in [6.45, 7) is 2.61. The van der Waals surface area contributed by atoms with Crippen molar-refractivity contribution in [2.24, 2.45) is 4.99 Å². The third-order valence-corrected chi connectivity index (χ3v) is 2.23. The number of methoxy groups -OCH3 is 1. The lowest BCUT2D eigenvalue weighted by atomic mass is 10.1. The molecule has 0 bridgehead atoms. The molecule has 5 heteroatoms. The summed E-state index contributed by atoms with van der Waals surface area (Å²) in [4.78, 5) is 4.15. The smallest absolute Gasteiger partial charge is 0.278 e. The van der Waals surface area contributed by atoms with Crippen LogP contribution in [-0.2, 0) is 18.9 Å². The number of hydrogen-bond donors (Lipinski definition) is 0. The van der Waals surface area contributed by atoms with Gasteiger partial charge < -0.3 is 18.9 Å². The van der Waals surface area contributed by atoms with Crippen LogP contribution in [0, 0.1) is 0 Å². The predicted molar refractivity (Wildman–Crippen MR) is 48.8 cm³/mol. The van der Waals surface area contributed by atoms with Gasteiger partial charge >= 0.3 is 0 Å². The van der Waals surface area contributed by atoms with Crippen LogP contribution in [0.5, 0.6) is 0 Å². The van der Waals surface area contributed by atoms with Crippen molar-refractivity contribution in [1.82, 2.24) is 0 Å². The van der Waals surface area contributed by atoms with Gasteiger partial charge in [0.15, 0.2) is 12.6 Å². The van der Waals surface area contributed by atoms with Gasteiger partial charge in [-0.25, -0.2) is 0 Å². The minimum Gasteiger partial charge on any atom is -0.466 e. The van der Waals surface area contributed by atoms with Crippen molar-refractivity contribution in [3.63, 3.8) is 0 Å². The van der Waals surface area contributed by atoms with Crippen molar-refractivity contribution in [2.45, 2.75) is 18.9 Å². The summed E-state index contributed by atoms with van der Waals surface area (Å²) in [5, 5.41) is 0. The van der Waals surface area contributed by atoms with Crippen molar-refractivity contribution in [3.8, 4) is 0 Å². The zero-order valence-electron chi connectivity index (χ0n) is 8.23. The lowest BCUT2D eigenvalue weighted by Gasteiger charge is -2.32. The second-order valence-corrected chi connectivity index (χ2v) is 2.91. The molecule has 14 heavy (non-hydrogen) atoms. The molecule has 2 aliphatic rings. The minimum absolute atomic E-state index is 0.173. The molecule has 0 spiro atoms. The van der Waals surface area contributed by atoms with Crippen LogP contribution in [0.25, 0.3) is 0 Å². The third-order valence-electron chi connectivity index (χ3n) is 2.23. The van der Waals surface area contributed by atoms with Gasteiger partial charge in [0.25, 0.3) is 5.79 Å². The number of nitrogens with zero attached hydrogens (tertiary/aromatic N) is 1. The van der Waals surface area contributed by atoms with Crippen LogP contribution >= 0.6 is 0 Å². The quantitative estimate of drug-likeness (QED) is 0.670. The standard InChI is InChI=1S/C9H13NO4/c1-3-12-8-9(11-2)7(4-5-10-8)13-6-14-9/h4-5,8H,3,6H2,1-2H3. The van der Waals surface area contributed by atoms with Crippen molar-refractivity contribution in [1.29, 1.82) is 0 Å². The van der Waals surface area contributed by atoms with Crippen LogP contribution in [0.15, 0.2) is 16.8 Å². The maximum absolute atomic E-state index is 5.42. The maximum Gasteiger partial charge on any atom is 0.278 e. The van der Waals surface area contributed by atoms with Crippen LogP contribution in [0.4, 0.5) is 0 Å². The average molecular weight is 199 g/mol. The maximum atomic E-state index is 5.42. The van der Waals surface area contributed by atoms with Crippen LogP contribution in [0.1, 0.15) is 6.92 Å². The summed E-state index contributed by atoms with van der Waals surface area (Å²) >= 11 is 0. The van der Waals surface area contributed by atoms with E-state index in [0.717, 1.165) is 0 Å². The Bertz CT molecular complexity index is 276. The van der Waals surface area contributed by atoms with E-state index in [-0.39, 0.29) is 6.79 Å². The zero-order valence-corrected chi connectivity index (χ0v) is 8.23. The molecule has 0 N–H and O–H groups in total. The van der Waals surface area contributed by atoms with Crippen LogP contribution < -0.4 is 0 Å². The number of aliphatic imine (C=N–C) groups is 1. The summed E-state index contributed by atoms with van der Waals surface area (Å²) in [5.41, 5.74) is 0.